The molecule has 0 saturated carbocycles. The zero-order valence-electron chi connectivity index (χ0n) is 11.7. The van der Waals surface area contributed by atoms with Gasteiger partial charge in [-0.15, -0.1) is 0 Å². The van der Waals surface area contributed by atoms with Crippen molar-refractivity contribution in [1.82, 2.24) is 0 Å². The molecular weight excluding hydrogens is 274 g/mol. The summed E-state index contributed by atoms with van der Waals surface area (Å²) < 4.78 is 0. The van der Waals surface area contributed by atoms with Crippen LogP contribution in [0.2, 0.25) is 0 Å². The second-order valence-electron chi connectivity index (χ2n) is 4.98. The van der Waals surface area contributed by atoms with Crippen molar-refractivity contribution in [1.29, 1.82) is 0 Å². The Labute approximate surface area is 123 Å². The van der Waals surface area contributed by atoms with Crippen molar-refractivity contribution < 1.29 is 4.92 Å². The van der Waals surface area contributed by atoms with Gasteiger partial charge >= 0.3 is 0 Å². The fourth-order valence-corrected chi connectivity index (χ4v) is 3.36. The number of thioether (sulfide) groups is 1. The summed E-state index contributed by atoms with van der Waals surface area (Å²) in [5.41, 5.74) is 1.79. The van der Waals surface area contributed by atoms with Gasteiger partial charge in [-0.2, -0.15) is 11.8 Å². The van der Waals surface area contributed by atoms with Gasteiger partial charge in [0.25, 0.3) is 5.69 Å². The quantitative estimate of drug-likeness (QED) is 0.618. The Morgan fingerprint density at radius 2 is 2.00 bits per heavy atom. The molecule has 0 radical (unpaired) electrons. The van der Waals surface area contributed by atoms with Gasteiger partial charge in [-0.1, -0.05) is 6.92 Å². The van der Waals surface area contributed by atoms with Gasteiger partial charge in [0.1, 0.15) is 0 Å². The maximum Gasteiger partial charge on any atom is 0.273 e. The third kappa shape index (κ3) is 4.30. The highest BCUT2D eigenvalue weighted by Crippen LogP contribution is 2.27. The fraction of sp³-hybridized carbons (Fsp3) is 0.571. The lowest BCUT2D eigenvalue weighted by Crippen LogP contribution is -2.24. The summed E-state index contributed by atoms with van der Waals surface area (Å²) in [6.45, 7) is 2.89. The predicted molar refractivity (Wildman–Crippen MR) is 85.8 cm³/mol. The first-order valence-corrected chi connectivity index (χ1v) is 8.22. The van der Waals surface area contributed by atoms with Crippen LogP contribution in [0.1, 0.15) is 26.2 Å². The first-order chi connectivity index (χ1) is 9.69. The standard InChI is InChI=1S/C14H21N3O2S/c1-2-5-15-12-8-13(10-14(9-12)17(18)19)16-11-3-6-20-7-4-11/h8-11,15-16H,2-7H2,1H3. The summed E-state index contributed by atoms with van der Waals surface area (Å²) in [4.78, 5) is 10.7. The van der Waals surface area contributed by atoms with Crippen molar-refractivity contribution in [3.8, 4) is 0 Å². The Bertz CT molecular complexity index is 462. The number of hydrogen-bond donors (Lipinski definition) is 2. The molecule has 1 aromatic carbocycles. The van der Waals surface area contributed by atoms with Crippen molar-refractivity contribution in [3.05, 3.63) is 28.3 Å². The number of nitrogens with one attached hydrogen (secondary N) is 2. The lowest BCUT2D eigenvalue weighted by atomic mass is 10.1. The van der Waals surface area contributed by atoms with E-state index in [-0.39, 0.29) is 10.6 Å². The number of benzene rings is 1. The summed E-state index contributed by atoms with van der Waals surface area (Å²) in [6, 6.07) is 5.61. The summed E-state index contributed by atoms with van der Waals surface area (Å²) in [7, 11) is 0. The Hall–Kier alpha value is -1.43. The van der Waals surface area contributed by atoms with Crippen LogP contribution in [0.15, 0.2) is 18.2 Å². The summed E-state index contributed by atoms with van der Waals surface area (Å²) in [6.07, 6.45) is 3.22. The molecule has 2 N–H and O–H groups in total. The molecule has 1 heterocycles. The molecule has 0 aliphatic carbocycles. The van der Waals surface area contributed by atoms with Crippen LogP contribution in [-0.4, -0.2) is 29.0 Å². The maximum absolute atomic E-state index is 11.0. The van der Waals surface area contributed by atoms with Crippen LogP contribution >= 0.6 is 11.8 Å². The van der Waals surface area contributed by atoms with E-state index in [2.05, 4.69) is 17.6 Å². The van der Waals surface area contributed by atoms with Crippen LogP contribution in [0.5, 0.6) is 0 Å². The van der Waals surface area contributed by atoms with E-state index < -0.39 is 0 Å². The number of nitro groups is 1. The molecule has 1 aromatic rings. The van der Waals surface area contributed by atoms with Gasteiger partial charge in [0.05, 0.1) is 4.92 Å². The topological polar surface area (TPSA) is 67.2 Å². The van der Waals surface area contributed by atoms with Gasteiger partial charge in [-0.3, -0.25) is 10.1 Å². The number of nitro benzene ring substituents is 1. The molecule has 0 spiro atoms. The van der Waals surface area contributed by atoms with Crippen molar-refractivity contribution in [2.45, 2.75) is 32.2 Å². The Balaban J connectivity index is 2.12. The molecule has 0 atom stereocenters. The Morgan fingerprint density at radius 3 is 2.65 bits per heavy atom. The van der Waals surface area contributed by atoms with Crippen LogP contribution in [0.25, 0.3) is 0 Å². The van der Waals surface area contributed by atoms with Crippen LogP contribution in [-0.2, 0) is 0 Å². The molecule has 1 aliphatic heterocycles. The minimum absolute atomic E-state index is 0.138. The average molecular weight is 295 g/mol. The Morgan fingerprint density at radius 1 is 1.30 bits per heavy atom. The number of non-ortho nitro benzene ring substituents is 1. The molecule has 0 bridgehead atoms. The Kier molecular flexibility index (Phi) is 5.52. The summed E-state index contributed by atoms with van der Waals surface area (Å²) in [5.74, 6) is 2.32. The lowest BCUT2D eigenvalue weighted by molar-refractivity contribution is -0.384. The van der Waals surface area contributed by atoms with Gasteiger partial charge in [-0.05, 0) is 36.8 Å². The van der Waals surface area contributed by atoms with Crippen LogP contribution < -0.4 is 10.6 Å². The predicted octanol–water partition coefficient (Wildman–Crippen LogP) is 3.72. The molecule has 0 amide bonds. The van der Waals surface area contributed by atoms with E-state index in [0.29, 0.717) is 6.04 Å². The maximum atomic E-state index is 11.0. The van der Waals surface area contributed by atoms with Crippen molar-refractivity contribution in [2.75, 3.05) is 28.7 Å². The molecule has 2 rings (SSSR count). The van der Waals surface area contributed by atoms with E-state index in [9.17, 15) is 10.1 Å². The lowest BCUT2D eigenvalue weighted by Gasteiger charge is -2.23. The van der Waals surface area contributed by atoms with E-state index in [1.54, 1.807) is 12.1 Å². The van der Waals surface area contributed by atoms with Crippen LogP contribution in [0.4, 0.5) is 17.1 Å². The van der Waals surface area contributed by atoms with Crippen LogP contribution in [0, 0.1) is 10.1 Å². The molecule has 1 aliphatic rings. The van der Waals surface area contributed by atoms with Gasteiger partial charge < -0.3 is 10.6 Å². The fourth-order valence-electron chi connectivity index (χ4n) is 2.25. The summed E-state index contributed by atoms with van der Waals surface area (Å²) >= 11 is 1.97. The molecule has 1 saturated heterocycles. The van der Waals surface area contributed by atoms with Crippen molar-refractivity contribution >= 4 is 28.8 Å². The minimum atomic E-state index is -0.334. The van der Waals surface area contributed by atoms with Gasteiger partial charge in [0, 0.05) is 36.1 Å². The number of anilines is 2. The van der Waals surface area contributed by atoms with E-state index in [1.807, 2.05) is 17.8 Å². The zero-order valence-corrected chi connectivity index (χ0v) is 12.5. The zero-order chi connectivity index (χ0) is 14.4. The van der Waals surface area contributed by atoms with Gasteiger partial charge in [0.2, 0.25) is 0 Å². The first kappa shape index (κ1) is 15.0. The molecule has 5 nitrogen and oxygen atoms in total. The molecular formula is C14H21N3O2S. The third-order valence-electron chi connectivity index (χ3n) is 3.30. The number of hydrogen-bond acceptors (Lipinski definition) is 5. The second kappa shape index (κ2) is 7.38. The molecule has 20 heavy (non-hydrogen) atoms. The first-order valence-electron chi connectivity index (χ1n) is 7.06. The van der Waals surface area contributed by atoms with E-state index in [0.717, 1.165) is 48.7 Å². The van der Waals surface area contributed by atoms with Gasteiger partial charge in [-0.25, -0.2) is 0 Å². The largest absolute Gasteiger partial charge is 0.385 e. The van der Waals surface area contributed by atoms with Gasteiger partial charge in [0.15, 0.2) is 0 Å². The SMILES string of the molecule is CCCNc1cc(NC2CCSCC2)cc([N+](=O)[O-])c1. The van der Waals surface area contributed by atoms with Crippen molar-refractivity contribution in [2.24, 2.45) is 0 Å². The average Bonchev–Trinajstić information content (AvgIpc) is 2.46. The number of nitrogens with zero attached hydrogens (tertiary/aromatic N) is 1. The molecule has 1 fully saturated rings. The monoisotopic (exact) mass is 295 g/mol. The normalized spacial score (nSPS) is 15.8. The van der Waals surface area contributed by atoms with Crippen molar-refractivity contribution in [3.63, 3.8) is 0 Å². The minimum Gasteiger partial charge on any atom is -0.385 e. The van der Waals surface area contributed by atoms with Crippen LogP contribution in [0.3, 0.4) is 0 Å². The smallest absolute Gasteiger partial charge is 0.273 e. The second-order valence-corrected chi connectivity index (χ2v) is 6.21. The highest BCUT2D eigenvalue weighted by atomic mass is 32.2. The van der Waals surface area contributed by atoms with E-state index in [1.165, 1.54) is 0 Å². The van der Waals surface area contributed by atoms with E-state index >= 15 is 0 Å². The highest BCUT2D eigenvalue weighted by Gasteiger charge is 2.15. The highest BCUT2D eigenvalue weighted by molar-refractivity contribution is 7.99. The summed E-state index contributed by atoms with van der Waals surface area (Å²) in [5, 5.41) is 17.7. The molecule has 0 aromatic heterocycles. The van der Waals surface area contributed by atoms with E-state index in [4.69, 9.17) is 0 Å². The number of rotatable bonds is 6. The third-order valence-corrected chi connectivity index (χ3v) is 4.35. The molecule has 0 unspecified atom stereocenters. The molecule has 110 valence electrons. The molecule has 6 heteroatoms.